The Hall–Kier alpha value is -2.38. The van der Waals surface area contributed by atoms with Crippen LogP contribution in [0.5, 0.6) is 0 Å². The van der Waals surface area contributed by atoms with Crippen LogP contribution in [0.2, 0.25) is 5.02 Å². The van der Waals surface area contributed by atoms with Crippen LogP contribution in [0.3, 0.4) is 0 Å². The number of thiazole rings is 1. The van der Waals surface area contributed by atoms with Gasteiger partial charge < -0.3 is 10.1 Å². The smallest absolute Gasteiger partial charge is 0.337 e. The third kappa shape index (κ3) is 3.06. The Kier molecular flexibility index (Phi) is 4.06. The normalized spacial score (nSPS) is 10.7. The fourth-order valence-electron chi connectivity index (χ4n) is 2.07. The minimum absolute atomic E-state index is 0.274. The number of ether oxygens (including phenoxy) is 1. The lowest BCUT2D eigenvalue weighted by atomic mass is 10.2. The van der Waals surface area contributed by atoms with Gasteiger partial charge >= 0.3 is 5.97 Å². The van der Waals surface area contributed by atoms with E-state index >= 15 is 0 Å². The average molecular weight is 350 g/mol. The number of nitrogens with zero attached hydrogens (tertiary/aromatic N) is 2. The van der Waals surface area contributed by atoms with Crippen LogP contribution < -0.4 is 5.32 Å². The molecule has 2 heterocycles. The fourth-order valence-corrected chi connectivity index (χ4v) is 3.05. The molecule has 6 nitrogen and oxygen atoms in total. The molecule has 0 spiro atoms. The van der Waals surface area contributed by atoms with Crippen molar-refractivity contribution in [2.24, 2.45) is 0 Å². The zero-order valence-electron chi connectivity index (χ0n) is 12.3. The Bertz CT molecular complexity index is 884. The molecule has 2 aromatic heterocycles. The van der Waals surface area contributed by atoms with Crippen LogP contribution in [-0.4, -0.2) is 28.4 Å². The monoisotopic (exact) mass is 349 g/mol. The molecule has 3 rings (SSSR count). The predicted octanol–water partition coefficient (Wildman–Crippen LogP) is 3.40. The number of aromatic nitrogens is 2. The van der Waals surface area contributed by atoms with Gasteiger partial charge in [0, 0.05) is 17.3 Å². The maximum Gasteiger partial charge on any atom is 0.337 e. The highest BCUT2D eigenvalue weighted by molar-refractivity contribution is 7.17. The number of nitrogens with one attached hydrogen (secondary N) is 1. The molecule has 0 unspecified atom stereocenters. The zero-order chi connectivity index (χ0) is 16.6. The summed E-state index contributed by atoms with van der Waals surface area (Å²) in [5.41, 5.74) is 0.900. The first-order chi connectivity index (χ1) is 11.0. The van der Waals surface area contributed by atoms with Gasteiger partial charge in [-0.05, 0) is 25.1 Å². The van der Waals surface area contributed by atoms with Crippen LogP contribution in [0.15, 0.2) is 30.6 Å². The second kappa shape index (κ2) is 6.02. The fraction of sp³-hybridized carbons (Fsp3) is 0.133. The Morgan fingerprint density at radius 1 is 1.35 bits per heavy atom. The number of halogens is 1. The third-order valence-corrected chi connectivity index (χ3v) is 4.38. The minimum Gasteiger partial charge on any atom is -0.465 e. The lowest BCUT2D eigenvalue weighted by Gasteiger charge is -2.07. The van der Waals surface area contributed by atoms with E-state index in [1.807, 2.05) is 13.1 Å². The zero-order valence-corrected chi connectivity index (χ0v) is 13.9. The molecule has 1 N–H and O–H groups in total. The van der Waals surface area contributed by atoms with Crippen LogP contribution in [0.4, 0.5) is 5.69 Å². The number of amides is 1. The van der Waals surface area contributed by atoms with Crippen molar-refractivity contribution in [2.75, 3.05) is 12.4 Å². The lowest BCUT2D eigenvalue weighted by molar-refractivity contribution is 0.0600. The van der Waals surface area contributed by atoms with E-state index in [0.717, 1.165) is 9.84 Å². The Morgan fingerprint density at radius 3 is 2.83 bits per heavy atom. The van der Waals surface area contributed by atoms with Crippen molar-refractivity contribution in [1.29, 1.82) is 0 Å². The number of aryl methyl sites for hydroxylation is 1. The van der Waals surface area contributed by atoms with Gasteiger partial charge in [0.2, 0.25) is 0 Å². The molecule has 0 aliphatic rings. The van der Waals surface area contributed by atoms with Gasteiger partial charge in [0.15, 0.2) is 4.96 Å². The predicted molar refractivity (Wildman–Crippen MR) is 88.6 cm³/mol. The van der Waals surface area contributed by atoms with Crippen molar-refractivity contribution in [3.8, 4) is 0 Å². The molecule has 1 amide bonds. The van der Waals surface area contributed by atoms with Crippen LogP contribution >= 0.6 is 22.9 Å². The van der Waals surface area contributed by atoms with Crippen molar-refractivity contribution >= 4 is 45.5 Å². The first-order valence-corrected chi connectivity index (χ1v) is 7.81. The van der Waals surface area contributed by atoms with Gasteiger partial charge in [-0.25, -0.2) is 9.78 Å². The van der Waals surface area contributed by atoms with Crippen LogP contribution in [-0.2, 0) is 4.74 Å². The molecule has 8 heteroatoms. The molecule has 0 saturated heterocycles. The molecule has 1 aromatic carbocycles. The number of methoxy groups -OCH3 is 1. The van der Waals surface area contributed by atoms with E-state index < -0.39 is 11.9 Å². The second-order valence-corrected chi connectivity index (χ2v) is 6.42. The first kappa shape index (κ1) is 15.5. The molecule has 0 fully saturated rings. The van der Waals surface area contributed by atoms with Gasteiger partial charge in [0.25, 0.3) is 5.91 Å². The molecule has 0 radical (unpaired) electrons. The van der Waals surface area contributed by atoms with Crippen molar-refractivity contribution in [2.45, 2.75) is 6.92 Å². The molecule has 0 aliphatic heterocycles. The molecule has 3 aromatic rings. The van der Waals surface area contributed by atoms with Crippen molar-refractivity contribution in [3.05, 3.63) is 51.7 Å². The van der Waals surface area contributed by atoms with Gasteiger partial charge in [-0.2, -0.15) is 0 Å². The van der Waals surface area contributed by atoms with Gasteiger partial charge in [-0.3, -0.25) is 9.20 Å². The summed E-state index contributed by atoms with van der Waals surface area (Å²) in [5, 5.41) is 2.98. The van der Waals surface area contributed by atoms with E-state index in [0.29, 0.717) is 16.3 Å². The molecule has 0 aliphatic carbocycles. The summed E-state index contributed by atoms with van der Waals surface area (Å²) in [7, 11) is 1.29. The van der Waals surface area contributed by atoms with E-state index in [1.165, 1.54) is 36.6 Å². The van der Waals surface area contributed by atoms with E-state index in [1.54, 1.807) is 10.6 Å². The maximum absolute atomic E-state index is 12.3. The summed E-state index contributed by atoms with van der Waals surface area (Å²) in [6, 6.07) is 4.52. The first-order valence-electron chi connectivity index (χ1n) is 6.62. The summed E-state index contributed by atoms with van der Waals surface area (Å²) >= 11 is 7.56. The van der Waals surface area contributed by atoms with Crippen LogP contribution in [0.25, 0.3) is 4.96 Å². The largest absolute Gasteiger partial charge is 0.465 e. The minimum atomic E-state index is -0.504. The molecule has 0 bridgehead atoms. The van der Waals surface area contributed by atoms with Gasteiger partial charge in [-0.1, -0.05) is 11.6 Å². The highest BCUT2D eigenvalue weighted by Gasteiger charge is 2.15. The van der Waals surface area contributed by atoms with E-state index in [2.05, 4.69) is 15.0 Å². The molecular formula is C15H12ClN3O3S. The van der Waals surface area contributed by atoms with E-state index in [-0.39, 0.29) is 5.69 Å². The van der Waals surface area contributed by atoms with Crippen molar-refractivity contribution in [3.63, 3.8) is 0 Å². The molecule has 118 valence electrons. The SMILES string of the molecule is COC(=O)c1ccc(Cl)c(NC(=O)c2cn3cc(C)sc3n2)c1. The maximum atomic E-state index is 12.3. The Labute approximate surface area is 140 Å². The molecule has 0 saturated carbocycles. The molecule has 0 atom stereocenters. The summed E-state index contributed by atoms with van der Waals surface area (Å²) in [4.78, 5) is 30.0. The number of imidazole rings is 1. The number of rotatable bonds is 3. The third-order valence-electron chi connectivity index (χ3n) is 3.14. The van der Waals surface area contributed by atoms with Crippen LogP contribution in [0.1, 0.15) is 25.7 Å². The number of fused-ring (bicyclic) bond motifs is 1. The van der Waals surface area contributed by atoms with Crippen LogP contribution in [0, 0.1) is 6.92 Å². The lowest BCUT2D eigenvalue weighted by Crippen LogP contribution is -2.13. The Balaban J connectivity index is 1.86. The number of hydrogen-bond donors (Lipinski definition) is 1. The summed E-state index contributed by atoms with van der Waals surface area (Å²) in [6.07, 6.45) is 3.54. The highest BCUT2D eigenvalue weighted by atomic mass is 35.5. The second-order valence-electron chi connectivity index (χ2n) is 4.80. The van der Waals surface area contributed by atoms with Gasteiger partial charge in [0.05, 0.1) is 23.4 Å². The number of anilines is 1. The van der Waals surface area contributed by atoms with Gasteiger partial charge in [-0.15, -0.1) is 11.3 Å². The summed E-state index contributed by atoms with van der Waals surface area (Å²) in [5.74, 6) is -0.905. The topological polar surface area (TPSA) is 72.7 Å². The average Bonchev–Trinajstić information content (AvgIpc) is 3.06. The number of benzene rings is 1. The van der Waals surface area contributed by atoms with Crippen molar-refractivity contribution in [1.82, 2.24) is 9.38 Å². The number of carbonyl (C=O) groups excluding carboxylic acids is 2. The Morgan fingerprint density at radius 2 is 2.13 bits per heavy atom. The molecular weight excluding hydrogens is 338 g/mol. The van der Waals surface area contributed by atoms with E-state index in [9.17, 15) is 9.59 Å². The number of hydrogen-bond acceptors (Lipinski definition) is 5. The molecule has 23 heavy (non-hydrogen) atoms. The standard InChI is InChI=1S/C15H12ClN3O3S/c1-8-6-19-7-12(18-15(19)23-8)13(20)17-11-5-9(14(21)22-2)3-4-10(11)16/h3-7H,1-2H3,(H,17,20). The number of esters is 1. The van der Waals surface area contributed by atoms with E-state index in [4.69, 9.17) is 11.6 Å². The highest BCUT2D eigenvalue weighted by Crippen LogP contribution is 2.24. The number of carbonyl (C=O) groups is 2. The summed E-state index contributed by atoms with van der Waals surface area (Å²) < 4.78 is 6.45. The van der Waals surface area contributed by atoms with Gasteiger partial charge in [0.1, 0.15) is 5.69 Å². The van der Waals surface area contributed by atoms with Crippen molar-refractivity contribution < 1.29 is 14.3 Å². The summed E-state index contributed by atoms with van der Waals surface area (Å²) in [6.45, 7) is 1.97. The quantitative estimate of drug-likeness (QED) is 0.735.